The Balaban J connectivity index is 1.60. The predicted octanol–water partition coefficient (Wildman–Crippen LogP) is 1.07. The topological polar surface area (TPSA) is 96.7 Å². The molecule has 0 saturated carbocycles. The molecule has 1 unspecified atom stereocenters. The van der Waals surface area contributed by atoms with Gasteiger partial charge in [-0.05, 0) is 19.8 Å². The molecule has 3 rings (SSSR count). The maximum atomic E-state index is 12.4. The molecule has 0 bridgehead atoms. The van der Waals surface area contributed by atoms with Crippen LogP contribution in [0.4, 0.5) is 4.79 Å². The molecule has 126 valence electrons. The number of amides is 2. The third-order valence-electron chi connectivity index (χ3n) is 4.18. The van der Waals surface area contributed by atoms with Crippen molar-refractivity contribution in [2.24, 2.45) is 0 Å². The molecule has 1 saturated heterocycles. The van der Waals surface area contributed by atoms with Gasteiger partial charge in [0.05, 0.1) is 29.4 Å². The van der Waals surface area contributed by atoms with E-state index in [4.69, 9.17) is 0 Å². The van der Waals surface area contributed by atoms with Crippen LogP contribution in [0.15, 0.2) is 11.7 Å². The third kappa shape index (κ3) is 3.47. The van der Waals surface area contributed by atoms with Crippen molar-refractivity contribution in [3.63, 3.8) is 0 Å². The number of carbonyl (C=O) groups is 1. The van der Waals surface area contributed by atoms with E-state index in [0.717, 1.165) is 10.7 Å². The van der Waals surface area contributed by atoms with E-state index in [-0.39, 0.29) is 29.6 Å². The SMILES string of the molecule is CC(NC(=O)N(C)C1CCS(=O)(=O)CC1)c1cn2ncsc2n1. The first kappa shape index (κ1) is 16.2. The number of sulfone groups is 1. The molecule has 0 radical (unpaired) electrons. The summed E-state index contributed by atoms with van der Waals surface area (Å²) in [5, 5.41) is 7.02. The number of imidazole rings is 1. The lowest BCUT2D eigenvalue weighted by Gasteiger charge is -2.31. The molecule has 1 aliphatic rings. The van der Waals surface area contributed by atoms with Crippen LogP contribution in [-0.4, -0.2) is 58.5 Å². The van der Waals surface area contributed by atoms with Crippen LogP contribution in [0, 0.1) is 0 Å². The fraction of sp³-hybridized carbons (Fsp3) is 0.615. The summed E-state index contributed by atoms with van der Waals surface area (Å²) in [4.78, 5) is 19.2. The fourth-order valence-electron chi connectivity index (χ4n) is 2.66. The van der Waals surface area contributed by atoms with Gasteiger partial charge in [-0.25, -0.2) is 22.7 Å². The van der Waals surface area contributed by atoms with E-state index >= 15 is 0 Å². The molecular weight excluding hydrogens is 338 g/mol. The highest BCUT2D eigenvalue weighted by molar-refractivity contribution is 7.91. The Morgan fingerprint density at radius 3 is 2.83 bits per heavy atom. The number of nitrogens with zero attached hydrogens (tertiary/aromatic N) is 4. The van der Waals surface area contributed by atoms with E-state index in [1.165, 1.54) is 11.3 Å². The highest BCUT2D eigenvalue weighted by Crippen LogP contribution is 2.19. The van der Waals surface area contributed by atoms with E-state index in [9.17, 15) is 13.2 Å². The highest BCUT2D eigenvalue weighted by Gasteiger charge is 2.29. The van der Waals surface area contributed by atoms with Crippen LogP contribution in [0.3, 0.4) is 0 Å². The quantitative estimate of drug-likeness (QED) is 0.886. The minimum atomic E-state index is -2.93. The van der Waals surface area contributed by atoms with Gasteiger partial charge < -0.3 is 10.2 Å². The molecule has 1 N–H and O–H groups in total. The number of carbonyl (C=O) groups excluding carboxylic acids is 1. The second-order valence-corrected chi connectivity index (χ2v) is 8.91. The number of hydrogen-bond acceptors (Lipinski definition) is 6. The summed E-state index contributed by atoms with van der Waals surface area (Å²) in [6.07, 6.45) is 2.78. The van der Waals surface area contributed by atoms with E-state index in [1.807, 2.05) is 6.92 Å². The minimum Gasteiger partial charge on any atom is -0.330 e. The molecular formula is C13H19N5O3S2. The maximum absolute atomic E-state index is 12.4. The van der Waals surface area contributed by atoms with Crippen molar-refractivity contribution in [1.82, 2.24) is 24.8 Å². The lowest BCUT2D eigenvalue weighted by Crippen LogP contribution is -2.47. The number of rotatable bonds is 3. The normalized spacial score (nSPS) is 19.6. The van der Waals surface area contributed by atoms with Gasteiger partial charge in [0, 0.05) is 13.1 Å². The van der Waals surface area contributed by atoms with E-state index in [1.54, 1.807) is 28.2 Å². The fourth-order valence-corrected chi connectivity index (χ4v) is 4.73. The Morgan fingerprint density at radius 1 is 1.48 bits per heavy atom. The second kappa shape index (κ2) is 6.08. The smallest absolute Gasteiger partial charge is 0.317 e. The van der Waals surface area contributed by atoms with Crippen molar-refractivity contribution < 1.29 is 13.2 Å². The number of aromatic nitrogens is 3. The zero-order chi connectivity index (χ0) is 16.6. The van der Waals surface area contributed by atoms with Gasteiger partial charge in [0.1, 0.15) is 15.3 Å². The number of urea groups is 1. The molecule has 10 heteroatoms. The number of fused-ring (bicyclic) bond motifs is 1. The molecule has 3 heterocycles. The van der Waals surface area contributed by atoms with Crippen LogP contribution >= 0.6 is 11.3 Å². The Labute approximate surface area is 138 Å². The van der Waals surface area contributed by atoms with Crippen LogP contribution in [-0.2, 0) is 9.84 Å². The van der Waals surface area contributed by atoms with Gasteiger partial charge in [-0.3, -0.25) is 0 Å². The molecule has 23 heavy (non-hydrogen) atoms. The number of hydrogen-bond donors (Lipinski definition) is 1. The van der Waals surface area contributed by atoms with E-state index in [0.29, 0.717) is 12.8 Å². The van der Waals surface area contributed by atoms with Crippen LogP contribution in [0.5, 0.6) is 0 Å². The summed E-state index contributed by atoms with van der Waals surface area (Å²) >= 11 is 1.43. The van der Waals surface area contributed by atoms with Crippen molar-refractivity contribution in [1.29, 1.82) is 0 Å². The summed E-state index contributed by atoms with van der Waals surface area (Å²) in [6, 6.07) is -0.504. The Hall–Kier alpha value is -1.68. The zero-order valence-electron chi connectivity index (χ0n) is 13.0. The largest absolute Gasteiger partial charge is 0.330 e. The first-order valence-corrected chi connectivity index (χ1v) is 10.1. The van der Waals surface area contributed by atoms with E-state index < -0.39 is 9.84 Å². The van der Waals surface area contributed by atoms with Gasteiger partial charge in [-0.2, -0.15) is 5.10 Å². The van der Waals surface area contributed by atoms with Gasteiger partial charge in [-0.15, -0.1) is 0 Å². The van der Waals surface area contributed by atoms with Crippen molar-refractivity contribution >= 4 is 32.2 Å². The van der Waals surface area contributed by atoms with Gasteiger partial charge in [0.25, 0.3) is 0 Å². The first-order chi connectivity index (χ1) is 10.9. The average molecular weight is 357 g/mol. The summed E-state index contributed by atoms with van der Waals surface area (Å²) in [5.74, 6) is 0.293. The van der Waals surface area contributed by atoms with Crippen LogP contribution in [0.2, 0.25) is 0 Å². The molecule has 0 spiro atoms. The Bertz CT molecular complexity index is 770. The second-order valence-electron chi connectivity index (χ2n) is 5.80. The summed E-state index contributed by atoms with van der Waals surface area (Å²) in [6.45, 7) is 1.86. The molecule has 8 nitrogen and oxygen atoms in total. The standard InChI is InChI=1S/C13H19N5O3S2/c1-9(11-7-18-13(16-11)22-8-14-18)15-12(19)17(2)10-3-5-23(20,21)6-4-10/h7-10H,3-6H2,1-2H3,(H,15,19). The minimum absolute atomic E-state index is 0.0436. The summed E-state index contributed by atoms with van der Waals surface area (Å²) < 4.78 is 24.6. The Kier molecular flexibility index (Phi) is 4.28. The molecule has 1 aliphatic heterocycles. The van der Waals surface area contributed by atoms with Crippen LogP contribution in [0.1, 0.15) is 31.5 Å². The van der Waals surface area contributed by atoms with Crippen LogP contribution in [0.25, 0.3) is 4.96 Å². The molecule has 1 atom stereocenters. The highest BCUT2D eigenvalue weighted by atomic mass is 32.2. The average Bonchev–Trinajstić information content (AvgIpc) is 3.07. The summed E-state index contributed by atoms with van der Waals surface area (Å²) in [5.41, 5.74) is 2.46. The molecule has 1 fully saturated rings. The van der Waals surface area contributed by atoms with Gasteiger partial charge in [-0.1, -0.05) is 11.3 Å². The Morgan fingerprint density at radius 2 is 2.17 bits per heavy atom. The monoisotopic (exact) mass is 357 g/mol. The number of nitrogens with one attached hydrogen (secondary N) is 1. The van der Waals surface area contributed by atoms with Crippen molar-refractivity contribution in [2.75, 3.05) is 18.6 Å². The van der Waals surface area contributed by atoms with Crippen molar-refractivity contribution in [3.8, 4) is 0 Å². The first-order valence-electron chi connectivity index (χ1n) is 7.38. The lowest BCUT2D eigenvalue weighted by atomic mass is 10.1. The van der Waals surface area contributed by atoms with Crippen molar-refractivity contribution in [3.05, 3.63) is 17.4 Å². The predicted molar refractivity (Wildman–Crippen MR) is 87.2 cm³/mol. The zero-order valence-corrected chi connectivity index (χ0v) is 14.6. The third-order valence-corrected chi connectivity index (χ3v) is 6.59. The molecule has 0 aliphatic carbocycles. The molecule has 2 amide bonds. The van der Waals surface area contributed by atoms with E-state index in [2.05, 4.69) is 15.4 Å². The summed E-state index contributed by atoms with van der Waals surface area (Å²) in [7, 11) is -1.22. The maximum Gasteiger partial charge on any atom is 0.317 e. The van der Waals surface area contributed by atoms with Gasteiger partial charge in [0.2, 0.25) is 4.96 Å². The van der Waals surface area contributed by atoms with Crippen molar-refractivity contribution in [2.45, 2.75) is 31.8 Å². The van der Waals surface area contributed by atoms with Gasteiger partial charge >= 0.3 is 6.03 Å². The lowest BCUT2D eigenvalue weighted by molar-refractivity contribution is 0.182. The molecule has 0 aromatic carbocycles. The van der Waals surface area contributed by atoms with Crippen LogP contribution < -0.4 is 5.32 Å². The van der Waals surface area contributed by atoms with Gasteiger partial charge in [0.15, 0.2) is 0 Å². The molecule has 2 aromatic rings. The molecule has 2 aromatic heterocycles.